The highest BCUT2D eigenvalue weighted by Crippen LogP contribution is 2.18. The molecule has 2 nitrogen and oxygen atoms in total. The second kappa shape index (κ2) is 5.89. The highest BCUT2D eigenvalue weighted by atomic mass is 35.5. The Morgan fingerprint density at radius 3 is 2.50 bits per heavy atom. The van der Waals surface area contributed by atoms with Crippen LogP contribution in [0.15, 0.2) is 48.5 Å². The topological polar surface area (TPSA) is 35.2 Å². The summed E-state index contributed by atoms with van der Waals surface area (Å²) in [6.07, 6.45) is 0. The first-order chi connectivity index (χ1) is 8.65. The molecule has 0 spiro atoms. The Bertz CT molecular complexity index is 508. The fraction of sp³-hybridized carbons (Fsp3) is 0.200. The maximum absolute atomic E-state index is 5.91. The summed E-state index contributed by atoms with van der Waals surface area (Å²) in [7, 11) is 0. The van der Waals surface area contributed by atoms with Gasteiger partial charge in [0.2, 0.25) is 0 Å². The minimum atomic E-state index is 0.0481. The van der Waals surface area contributed by atoms with Gasteiger partial charge in [0.15, 0.2) is 0 Å². The normalized spacial score (nSPS) is 12.2. The zero-order valence-corrected chi connectivity index (χ0v) is 11.0. The van der Waals surface area contributed by atoms with Crippen LogP contribution >= 0.6 is 11.6 Å². The largest absolute Gasteiger partial charge is 0.489 e. The predicted octanol–water partition coefficient (Wildman–Crippen LogP) is 3.94. The van der Waals surface area contributed by atoms with Crippen molar-refractivity contribution >= 4 is 11.6 Å². The number of benzene rings is 2. The fourth-order valence-electron chi connectivity index (χ4n) is 1.66. The summed E-state index contributed by atoms with van der Waals surface area (Å²) < 4.78 is 5.68. The molecule has 0 amide bonds. The van der Waals surface area contributed by atoms with E-state index in [-0.39, 0.29) is 6.04 Å². The lowest BCUT2D eigenvalue weighted by Crippen LogP contribution is -2.04. The zero-order valence-electron chi connectivity index (χ0n) is 10.3. The van der Waals surface area contributed by atoms with Gasteiger partial charge in [-0.15, -0.1) is 0 Å². The van der Waals surface area contributed by atoms with Crippen molar-refractivity contribution in [3.63, 3.8) is 0 Å². The first-order valence-corrected chi connectivity index (χ1v) is 6.26. The van der Waals surface area contributed by atoms with E-state index in [1.807, 2.05) is 55.5 Å². The third-order valence-electron chi connectivity index (χ3n) is 2.70. The molecular formula is C15H16ClNO. The van der Waals surface area contributed by atoms with E-state index < -0.39 is 0 Å². The van der Waals surface area contributed by atoms with Crippen LogP contribution in [0.5, 0.6) is 5.75 Å². The molecule has 0 bridgehead atoms. The summed E-state index contributed by atoms with van der Waals surface area (Å²) >= 11 is 5.91. The molecular weight excluding hydrogens is 246 g/mol. The number of hydrogen-bond acceptors (Lipinski definition) is 2. The maximum Gasteiger partial charge on any atom is 0.119 e. The average molecular weight is 262 g/mol. The Labute approximate surface area is 112 Å². The number of ether oxygens (including phenoxy) is 1. The van der Waals surface area contributed by atoms with E-state index in [1.165, 1.54) is 0 Å². The predicted molar refractivity (Wildman–Crippen MR) is 74.8 cm³/mol. The average Bonchev–Trinajstić information content (AvgIpc) is 2.37. The summed E-state index contributed by atoms with van der Waals surface area (Å²) in [6.45, 7) is 2.47. The van der Waals surface area contributed by atoms with Gasteiger partial charge in [-0.2, -0.15) is 0 Å². The van der Waals surface area contributed by atoms with Gasteiger partial charge in [0.25, 0.3) is 0 Å². The summed E-state index contributed by atoms with van der Waals surface area (Å²) in [5.74, 6) is 0.833. The van der Waals surface area contributed by atoms with Gasteiger partial charge in [0.1, 0.15) is 12.4 Å². The van der Waals surface area contributed by atoms with Gasteiger partial charge in [-0.3, -0.25) is 0 Å². The van der Waals surface area contributed by atoms with Crippen LogP contribution in [0.3, 0.4) is 0 Å². The van der Waals surface area contributed by atoms with Crippen LogP contribution in [0, 0.1) is 0 Å². The molecule has 0 radical (unpaired) electrons. The van der Waals surface area contributed by atoms with E-state index in [0.29, 0.717) is 6.61 Å². The molecule has 0 aliphatic heterocycles. The van der Waals surface area contributed by atoms with Crippen molar-refractivity contribution in [2.45, 2.75) is 19.6 Å². The summed E-state index contributed by atoms with van der Waals surface area (Å²) in [6, 6.07) is 15.5. The van der Waals surface area contributed by atoms with Gasteiger partial charge in [0.05, 0.1) is 0 Å². The van der Waals surface area contributed by atoms with Gasteiger partial charge in [0, 0.05) is 11.1 Å². The second-order valence-electron chi connectivity index (χ2n) is 4.28. The molecule has 0 aliphatic rings. The molecule has 0 saturated carbocycles. The summed E-state index contributed by atoms with van der Waals surface area (Å²) in [5.41, 5.74) is 7.95. The first-order valence-electron chi connectivity index (χ1n) is 5.88. The van der Waals surface area contributed by atoms with Crippen LogP contribution in [0.4, 0.5) is 0 Å². The van der Waals surface area contributed by atoms with Crippen molar-refractivity contribution in [2.75, 3.05) is 0 Å². The molecule has 1 atom stereocenters. The highest BCUT2D eigenvalue weighted by Gasteiger charge is 2.00. The lowest BCUT2D eigenvalue weighted by molar-refractivity contribution is 0.306. The zero-order chi connectivity index (χ0) is 13.0. The molecule has 0 aromatic heterocycles. The molecule has 0 fully saturated rings. The standard InChI is InChI=1S/C15H16ClNO/c1-11(17)13-5-7-15(8-6-13)18-10-12-3-2-4-14(16)9-12/h2-9,11H,10,17H2,1H3/t11-/m0/s1. The van der Waals surface area contributed by atoms with Gasteiger partial charge in [-0.05, 0) is 42.3 Å². The molecule has 2 N–H and O–H groups in total. The Morgan fingerprint density at radius 1 is 1.17 bits per heavy atom. The lowest BCUT2D eigenvalue weighted by Gasteiger charge is -2.09. The smallest absolute Gasteiger partial charge is 0.119 e. The number of nitrogens with two attached hydrogens (primary N) is 1. The van der Waals surface area contributed by atoms with Crippen LogP contribution in [-0.4, -0.2) is 0 Å². The first kappa shape index (κ1) is 12.9. The molecule has 0 heterocycles. The molecule has 2 aromatic rings. The minimum Gasteiger partial charge on any atom is -0.489 e. The summed E-state index contributed by atoms with van der Waals surface area (Å²) in [5, 5.41) is 0.725. The van der Waals surface area contributed by atoms with Crippen molar-refractivity contribution < 1.29 is 4.74 Å². The van der Waals surface area contributed by atoms with Crippen LogP contribution in [0.2, 0.25) is 5.02 Å². The monoisotopic (exact) mass is 261 g/mol. The van der Waals surface area contributed by atoms with Crippen molar-refractivity contribution in [1.82, 2.24) is 0 Å². The van der Waals surface area contributed by atoms with Gasteiger partial charge < -0.3 is 10.5 Å². The highest BCUT2D eigenvalue weighted by molar-refractivity contribution is 6.30. The van der Waals surface area contributed by atoms with Crippen LogP contribution in [0.1, 0.15) is 24.1 Å². The summed E-state index contributed by atoms with van der Waals surface area (Å²) in [4.78, 5) is 0. The third-order valence-corrected chi connectivity index (χ3v) is 2.94. The van der Waals surface area contributed by atoms with Gasteiger partial charge in [-0.1, -0.05) is 35.9 Å². The molecule has 2 rings (SSSR count). The molecule has 0 aliphatic carbocycles. The van der Waals surface area contributed by atoms with Crippen LogP contribution in [0.25, 0.3) is 0 Å². The Hall–Kier alpha value is -1.51. The van der Waals surface area contributed by atoms with E-state index in [4.69, 9.17) is 22.1 Å². The Balaban J connectivity index is 1.98. The quantitative estimate of drug-likeness (QED) is 0.905. The minimum absolute atomic E-state index is 0.0481. The number of halogens is 1. The van der Waals surface area contributed by atoms with Gasteiger partial charge >= 0.3 is 0 Å². The maximum atomic E-state index is 5.91. The van der Waals surface area contributed by atoms with Crippen molar-refractivity contribution in [2.24, 2.45) is 5.73 Å². The van der Waals surface area contributed by atoms with Crippen molar-refractivity contribution in [3.05, 3.63) is 64.7 Å². The van der Waals surface area contributed by atoms with Crippen LogP contribution < -0.4 is 10.5 Å². The fourth-order valence-corrected chi connectivity index (χ4v) is 1.87. The van der Waals surface area contributed by atoms with E-state index >= 15 is 0 Å². The van der Waals surface area contributed by atoms with Crippen molar-refractivity contribution in [1.29, 1.82) is 0 Å². The van der Waals surface area contributed by atoms with E-state index in [2.05, 4.69) is 0 Å². The van der Waals surface area contributed by atoms with E-state index in [0.717, 1.165) is 21.9 Å². The van der Waals surface area contributed by atoms with Crippen molar-refractivity contribution in [3.8, 4) is 5.75 Å². The molecule has 18 heavy (non-hydrogen) atoms. The van der Waals surface area contributed by atoms with E-state index in [9.17, 15) is 0 Å². The second-order valence-corrected chi connectivity index (χ2v) is 4.71. The molecule has 94 valence electrons. The van der Waals surface area contributed by atoms with Gasteiger partial charge in [-0.25, -0.2) is 0 Å². The number of rotatable bonds is 4. The molecule has 0 unspecified atom stereocenters. The molecule has 3 heteroatoms. The Morgan fingerprint density at radius 2 is 1.89 bits per heavy atom. The lowest BCUT2D eigenvalue weighted by atomic mass is 10.1. The SMILES string of the molecule is C[C@H](N)c1ccc(OCc2cccc(Cl)c2)cc1. The molecule has 0 saturated heterocycles. The van der Waals surface area contributed by atoms with E-state index in [1.54, 1.807) is 0 Å². The van der Waals surface area contributed by atoms with Crippen LogP contribution in [-0.2, 0) is 6.61 Å². The molecule has 2 aromatic carbocycles. The third kappa shape index (κ3) is 3.49. The number of hydrogen-bond donors (Lipinski definition) is 1. The Kier molecular flexibility index (Phi) is 4.24.